The van der Waals surface area contributed by atoms with Crippen molar-refractivity contribution in [1.29, 1.82) is 0 Å². The molecule has 25 heavy (non-hydrogen) atoms. The van der Waals surface area contributed by atoms with E-state index < -0.39 is 35.7 Å². The molecular formula is C19H20F2N2O2. The predicted molar refractivity (Wildman–Crippen MR) is 92.5 cm³/mol. The minimum absolute atomic E-state index is 0.0290. The van der Waals surface area contributed by atoms with E-state index in [1.54, 1.807) is 12.1 Å². The maximum atomic E-state index is 13.5. The lowest BCUT2D eigenvalue weighted by atomic mass is 9.87. The summed E-state index contributed by atoms with van der Waals surface area (Å²) in [7, 11) is 0. The highest BCUT2D eigenvalue weighted by atomic mass is 19.1. The van der Waals surface area contributed by atoms with E-state index in [4.69, 9.17) is 0 Å². The molecule has 0 aliphatic rings. The molecule has 0 aliphatic carbocycles. The normalized spacial score (nSPS) is 11.1. The zero-order chi connectivity index (χ0) is 18.6. The Labute approximate surface area is 145 Å². The van der Waals surface area contributed by atoms with Crippen LogP contribution in [0.4, 0.5) is 14.5 Å². The summed E-state index contributed by atoms with van der Waals surface area (Å²) < 4.78 is 26.9. The van der Waals surface area contributed by atoms with Gasteiger partial charge in [-0.05, 0) is 35.2 Å². The fourth-order valence-electron chi connectivity index (χ4n) is 2.19. The molecule has 2 aromatic carbocycles. The van der Waals surface area contributed by atoms with Gasteiger partial charge in [0.15, 0.2) is 0 Å². The van der Waals surface area contributed by atoms with Crippen molar-refractivity contribution in [2.75, 3.05) is 11.9 Å². The summed E-state index contributed by atoms with van der Waals surface area (Å²) >= 11 is 0. The third kappa shape index (κ3) is 4.86. The Morgan fingerprint density at radius 3 is 2.04 bits per heavy atom. The number of carbonyl (C=O) groups is 2. The number of halogens is 2. The topological polar surface area (TPSA) is 58.2 Å². The number of carbonyl (C=O) groups excluding carboxylic acids is 2. The Morgan fingerprint density at radius 2 is 1.52 bits per heavy atom. The minimum atomic E-state index is -0.877. The molecule has 0 radical (unpaired) electrons. The zero-order valence-corrected chi connectivity index (χ0v) is 14.3. The van der Waals surface area contributed by atoms with Crippen LogP contribution in [0.5, 0.6) is 0 Å². The molecule has 0 saturated carbocycles. The van der Waals surface area contributed by atoms with E-state index in [1.807, 2.05) is 12.1 Å². The van der Waals surface area contributed by atoms with Crippen LogP contribution in [0.15, 0.2) is 42.5 Å². The molecule has 0 heterocycles. The Kier molecular flexibility index (Phi) is 5.51. The molecule has 0 aromatic heterocycles. The summed E-state index contributed by atoms with van der Waals surface area (Å²) in [5, 5.41) is 4.53. The maximum absolute atomic E-state index is 13.5. The van der Waals surface area contributed by atoms with Crippen LogP contribution in [0.2, 0.25) is 0 Å². The van der Waals surface area contributed by atoms with Gasteiger partial charge in [0.2, 0.25) is 5.91 Å². The molecule has 2 aromatic rings. The lowest BCUT2D eigenvalue weighted by molar-refractivity contribution is -0.115. The number of benzene rings is 2. The first kappa shape index (κ1) is 18.6. The largest absolute Gasteiger partial charge is 0.343 e. The third-order valence-corrected chi connectivity index (χ3v) is 3.65. The molecule has 0 fully saturated rings. The smallest absolute Gasteiger partial charge is 0.251 e. The SMILES string of the molecule is CC(C)(C)c1ccc(C(=O)NCC(=O)Nc2c(F)cccc2F)cc1. The summed E-state index contributed by atoms with van der Waals surface area (Å²) in [6.07, 6.45) is 0. The van der Waals surface area contributed by atoms with Gasteiger partial charge in [0.1, 0.15) is 17.3 Å². The van der Waals surface area contributed by atoms with Crippen molar-refractivity contribution in [3.05, 3.63) is 65.2 Å². The van der Waals surface area contributed by atoms with E-state index in [0.29, 0.717) is 5.56 Å². The van der Waals surface area contributed by atoms with Crippen LogP contribution in [-0.2, 0) is 10.2 Å². The summed E-state index contributed by atoms with van der Waals surface area (Å²) in [4.78, 5) is 23.8. The number of para-hydroxylation sites is 1. The third-order valence-electron chi connectivity index (χ3n) is 3.65. The van der Waals surface area contributed by atoms with Crippen LogP contribution in [0.25, 0.3) is 0 Å². The molecule has 132 valence electrons. The van der Waals surface area contributed by atoms with Gasteiger partial charge >= 0.3 is 0 Å². The quantitative estimate of drug-likeness (QED) is 0.888. The Morgan fingerprint density at radius 1 is 0.960 bits per heavy atom. The summed E-state index contributed by atoms with van der Waals surface area (Å²) in [5.41, 5.74) is 0.921. The van der Waals surface area contributed by atoms with E-state index in [1.165, 1.54) is 6.07 Å². The summed E-state index contributed by atoms with van der Waals surface area (Å²) in [6.45, 7) is 5.80. The number of amides is 2. The average Bonchev–Trinajstić information content (AvgIpc) is 2.55. The molecule has 0 bridgehead atoms. The second kappa shape index (κ2) is 7.42. The van der Waals surface area contributed by atoms with E-state index in [0.717, 1.165) is 17.7 Å². The summed E-state index contributed by atoms with van der Waals surface area (Å²) in [5.74, 6) is -2.91. The van der Waals surface area contributed by atoms with E-state index in [9.17, 15) is 18.4 Å². The van der Waals surface area contributed by atoms with Crippen LogP contribution in [0.1, 0.15) is 36.7 Å². The Balaban J connectivity index is 1.94. The Bertz CT molecular complexity index is 761. The van der Waals surface area contributed by atoms with Gasteiger partial charge in [-0.15, -0.1) is 0 Å². The predicted octanol–water partition coefficient (Wildman–Crippen LogP) is 3.63. The van der Waals surface area contributed by atoms with Gasteiger partial charge in [-0.2, -0.15) is 0 Å². The van der Waals surface area contributed by atoms with Gasteiger partial charge in [0.25, 0.3) is 5.91 Å². The van der Waals surface area contributed by atoms with Crippen molar-refractivity contribution in [3.63, 3.8) is 0 Å². The molecule has 0 saturated heterocycles. The van der Waals surface area contributed by atoms with Crippen LogP contribution < -0.4 is 10.6 Å². The van der Waals surface area contributed by atoms with E-state index in [-0.39, 0.29) is 5.41 Å². The molecule has 0 unspecified atom stereocenters. The number of nitrogens with one attached hydrogen (secondary N) is 2. The van der Waals surface area contributed by atoms with Crippen LogP contribution in [-0.4, -0.2) is 18.4 Å². The molecule has 4 nitrogen and oxygen atoms in total. The monoisotopic (exact) mass is 346 g/mol. The van der Waals surface area contributed by atoms with E-state index in [2.05, 4.69) is 31.4 Å². The van der Waals surface area contributed by atoms with Gasteiger partial charge in [0.05, 0.1) is 6.54 Å². The molecule has 6 heteroatoms. The van der Waals surface area contributed by atoms with Crippen LogP contribution in [0, 0.1) is 11.6 Å². The van der Waals surface area contributed by atoms with Crippen molar-refractivity contribution in [2.45, 2.75) is 26.2 Å². The number of hydrogen-bond acceptors (Lipinski definition) is 2. The van der Waals surface area contributed by atoms with Gasteiger partial charge in [-0.3, -0.25) is 9.59 Å². The minimum Gasteiger partial charge on any atom is -0.343 e. The standard InChI is InChI=1S/C19H20F2N2O2/c1-19(2,3)13-9-7-12(8-10-13)18(25)22-11-16(24)23-17-14(20)5-4-6-15(17)21/h4-10H,11H2,1-3H3,(H,22,25)(H,23,24). The van der Waals surface area contributed by atoms with Crippen molar-refractivity contribution in [1.82, 2.24) is 5.32 Å². The molecule has 0 atom stereocenters. The second-order valence-electron chi connectivity index (χ2n) is 6.65. The highest BCUT2D eigenvalue weighted by Gasteiger charge is 2.15. The van der Waals surface area contributed by atoms with Gasteiger partial charge < -0.3 is 10.6 Å². The fourth-order valence-corrected chi connectivity index (χ4v) is 2.19. The number of hydrogen-bond donors (Lipinski definition) is 2. The highest BCUT2D eigenvalue weighted by molar-refractivity contribution is 5.99. The average molecular weight is 346 g/mol. The number of rotatable bonds is 4. The van der Waals surface area contributed by atoms with Gasteiger partial charge in [-0.1, -0.05) is 39.0 Å². The second-order valence-corrected chi connectivity index (χ2v) is 6.65. The van der Waals surface area contributed by atoms with Crippen molar-refractivity contribution in [2.24, 2.45) is 0 Å². The van der Waals surface area contributed by atoms with Crippen molar-refractivity contribution in [3.8, 4) is 0 Å². The molecule has 0 aliphatic heterocycles. The fraction of sp³-hybridized carbons (Fsp3) is 0.263. The van der Waals surface area contributed by atoms with E-state index >= 15 is 0 Å². The van der Waals surface area contributed by atoms with Gasteiger partial charge in [0, 0.05) is 5.56 Å². The highest BCUT2D eigenvalue weighted by Crippen LogP contribution is 2.22. The number of anilines is 1. The van der Waals surface area contributed by atoms with Crippen molar-refractivity contribution < 1.29 is 18.4 Å². The maximum Gasteiger partial charge on any atom is 0.251 e. The molecule has 0 spiro atoms. The molecule has 2 N–H and O–H groups in total. The lowest BCUT2D eigenvalue weighted by Gasteiger charge is -2.19. The van der Waals surface area contributed by atoms with Gasteiger partial charge in [-0.25, -0.2) is 8.78 Å². The molecular weight excluding hydrogens is 326 g/mol. The molecule has 2 rings (SSSR count). The zero-order valence-electron chi connectivity index (χ0n) is 14.3. The Hall–Kier alpha value is -2.76. The lowest BCUT2D eigenvalue weighted by Crippen LogP contribution is -2.33. The molecule has 2 amide bonds. The van der Waals surface area contributed by atoms with Crippen LogP contribution >= 0.6 is 0 Å². The first-order valence-corrected chi connectivity index (χ1v) is 7.81. The van der Waals surface area contributed by atoms with Crippen LogP contribution in [0.3, 0.4) is 0 Å². The first-order valence-electron chi connectivity index (χ1n) is 7.81. The first-order chi connectivity index (χ1) is 11.7. The van der Waals surface area contributed by atoms with Crippen molar-refractivity contribution >= 4 is 17.5 Å². The summed E-state index contributed by atoms with van der Waals surface area (Å²) in [6, 6.07) is 10.3.